The quantitative estimate of drug-likeness (QED) is 0.325. The van der Waals surface area contributed by atoms with Crippen molar-refractivity contribution in [1.82, 2.24) is 0 Å². The van der Waals surface area contributed by atoms with Gasteiger partial charge in [0.25, 0.3) is 0 Å². The minimum absolute atomic E-state index is 0. The van der Waals surface area contributed by atoms with E-state index in [1.807, 2.05) is 0 Å². The average Bonchev–Trinajstić information content (AvgIpc) is 1.47. The summed E-state index contributed by atoms with van der Waals surface area (Å²) >= 11 is -15.3. The van der Waals surface area contributed by atoms with Crippen LogP contribution in [0.15, 0.2) is 0 Å². The van der Waals surface area contributed by atoms with Crippen molar-refractivity contribution in [3.8, 4) is 0 Å². The molecule has 17 heavy (non-hydrogen) atoms. The van der Waals surface area contributed by atoms with Crippen molar-refractivity contribution in [1.29, 1.82) is 0 Å². The Kier molecular flexibility index (Phi) is 40.2. The van der Waals surface area contributed by atoms with Gasteiger partial charge in [-0.3, -0.25) is 4.21 Å². The first-order valence-corrected chi connectivity index (χ1v) is 7.00. The second-order valence-electron chi connectivity index (χ2n) is 1.09. The van der Waals surface area contributed by atoms with Crippen molar-refractivity contribution in [3.63, 3.8) is 0 Å². The molecule has 0 aliphatic carbocycles. The van der Waals surface area contributed by atoms with E-state index in [1.54, 1.807) is 0 Å². The zero-order chi connectivity index (χ0) is 11.3. The van der Waals surface area contributed by atoms with Gasteiger partial charge in [-0.25, -0.2) is 0 Å². The standard InChI is InChI=1S/2Cr.4Na.H2O3S.7O/c;;;;;;1-4(2)3;;;;;;;/h;;;;;;(H2,1,2,3);;;;;;;/q;;4*+1;;;;;;;2*-1/p-2. The van der Waals surface area contributed by atoms with Crippen molar-refractivity contribution >= 4 is 11.4 Å². The van der Waals surface area contributed by atoms with Crippen molar-refractivity contribution in [3.05, 3.63) is 0 Å². The molecule has 0 saturated carbocycles. The van der Waals surface area contributed by atoms with E-state index in [0.717, 1.165) is 0 Å². The molecular weight excluding hydrogens is 388 g/mol. The van der Waals surface area contributed by atoms with Crippen LogP contribution in [0.3, 0.4) is 0 Å². The number of hydrogen-bond donors (Lipinski definition) is 0. The topological polar surface area (TPSA) is 187 Å². The van der Waals surface area contributed by atoms with Crippen molar-refractivity contribution in [2.24, 2.45) is 0 Å². The van der Waals surface area contributed by atoms with Gasteiger partial charge >= 0.3 is 172 Å². The Morgan fingerprint density at radius 2 is 0.882 bits per heavy atom. The summed E-state index contributed by atoms with van der Waals surface area (Å²) in [5, 5.41) is 0. The molecule has 0 aromatic rings. The third-order valence-electron chi connectivity index (χ3n) is 0.167. The molecule has 0 aliphatic heterocycles. The predicted octanol–water partition coefficient (Wildman–Crippen LogP) is -15.9. The first-order chi connectivity index (χ1) is 5.44. The third kappa shape index (κ3) is 64.3. The van der Waals surface area contributed by atoms with Crippen LogP contribution in [0.2, 0.25) is 0 Å². The summed E-state index contributed by atoms with van der Waals surface area (Å²) in [5.74, 6) is 0. The zero-order valence-electron chi connectivity index (χ0n) is 9.31. The van der Waals surface area contributed by atoms with Crippen LogP contribution >= 0.6 is 0 Å². The summed E-state index contributed by atoms with van der Waals surface area (Å²) in [6.45, 7) is 0. The predicted molar refractivity (Wildman–Crippen MR) is 13.5 cm³/mol. The minimum atomic E-state index is -6.07. The third-order valence-corrected chi connectivity index (χ3v) is 2.83. The summed E-state index contributed by atoms with van der Waals surface area (Å²) in [4.78, 5) is 0. The molecule has 0 fully saturated rings. The molecule has 0 aromatic heterocycles. The van der Waals surface area contributed by atoms with Crippen LogP contribution in [0, 0.1) is 0 Å². The van der Waals surface area contributed by atoms with E-state index < -0.39 is 38.6 Å². The molecule has 0 aliphatic rings. The maximum atomic E-state index is 9.38. The molecule has 0 spiro atoms. The van der Waals surface area contributed by atoms with Crippen LogP contribution in [-0.4, -0.2) is 13.3 Å². The maximum absolute atomic E-state index is 9.38. The van der Waals surface area contributed by atoms with Gasteiger partial charge in [-0.05, 0) is 0 Å². The van der Waals surface area contributed by atoms with Crippen LogP contribution in [0.1, 0.15) is 0 Å². The Labute approximate surface area is 192 Å². The fourth-order valence-corrected chi connectivity index (χ4v) is 1.74. The Morgan fingerprint density at radius 3 is 0.882 bits per heavy atom. The molecule has 0 atom stereocenters. The monoisotopic (exact) mass is 388 g/mol. The van der Waals surface area contributed by atoms with E-state index in [1.165, 1.54) is 0 Å². The van der Waals surface area contributed by atoms with Gasteiger partial charge in [0.1, 0.15) is 0 Å². The Hall–Kier alpha value is 4.21. The molecule has 0 radical (unpaired) electrons. The molecule has 0 saturated heterocycles. The van der Waals surface area contributed by atoms with Crippen LogP contribution < -0.4 is 127 Å². The van der Waals surface area contributed by atoms with Crippen LogP contribution in [-0.2, 0) is 56.6 Å². The van der Waals surface area contributed by atoms with E-state index in [9.17, 15) is 23.5 Å². The summed E-state index contributed by atoms with van der Waals surface area (Å²) in [6, 6.07) is 0. The molecular formula is Cr2Na4O10S. The normalized spacial score (nSPS) is 9.24. The Balaban J connectivity index is -0.0000000338. The fourth-order valence-electron chi connectivity index (χ4n) is 0.102. The Morgan fingerprint density at radius 1 is 0.765 bits per heavy atom. The van der Waals surface area contributed by atoms with E-state index in [2.05, 4.69) is 2.84 Å². The van der Waals surface area contributed by atoms with E-state index in [0.29, 0.717) is 0 Å². The molecule has 0 amide bonds. The molecule has 0 unspecified atom stereocenters. The van der Waals surface area contributed by atoms with Crippen LogP contribution in [0.5, 0.6) is 0 Å². The molecule has 17 heteroatoms. The fraction of sp³-hybridized carbons (Fsp3) is 0. The first-order valence-electron chi connectivity index (χ1n) is 1.83. The molecule has 0 aromatic carbocycles. The van der Waals surface area contributed by atoms with Crippen molar-refractivity contribution in [2.45, 2.75) is 0 Å². The van der Waals surface area contributed by atoms with Gasteiger partial charge in [-0.2, -0.15) is 0 Å². The number of rotatable bonds is 2. The molecule has 0 N–H and O–H groups in total. The van der Waals surface area contributed by atoms with E-state index in [4.69, 9.17) is 13.3 Å². The van der Waals surface area contributed by atoms with E-state index >= 15 is 0 Å². The summed E-state index contributed by atoms with van der Waals surface area (Å²) < 4.78 is 84.2. The molecule has 0 bridgehead atoms. The van der Waals surface area contributed by atoms with Crippen LogP contribution in [0.4, 0.5) is 0 Å². The average molecular weight is 388 g/mol. The molecule has 82 valence electrons. The van der Waals surface area contributed by atoms with Gasteiger partial charge in [0, 0.05) is 0 Å². The molecule has 10 nitrogen and oxygen atoms in total. The number of hydrogen-bond acceptors (Lipinski definition) is 10. The van der Waals surface area contributed by atoms with E-state index in [-0.39, 0.29) is 118 Å². The van der Waals surface area contributed by atoms with Crippen molar-refractivity contribution in [2.75, 3.05) is 0 Å². The van der Waals surface area contributed by atoms with Gasteiger partial charge in [0.2, 0.25) is 0 Å². The van der Waals surface area contributed by atoms with Crippen LogP contribution in [0.25, 0.3) is 0 Å². The second-order valence-corrected chi connectivity index (χ2v) is 5.14. The van der Waals surface area contributed by atoms with Gasteiger partial charge in [-0.15, -0.1) is 11.4 Å². The molecule has 0 heterocycles. The first kappa shape index (κ1) is 37.4. The SMILES string of the molecule is O=S([O-])[O-].[Na+].[Na+].[Na+].[Na+].[O]=[Cr](=[O])([O-])[O][Cr](=[O])(=[O])[O-]. The molecule has 0 rings (SSSR count). The second kappa shape index (κ2) is 18.3. The zero-order valence-corrected chi connectivity index (χ0v) is 20.7. The Bertz CT molecular complexity index is 322. The van der Waals surface area contributed by atoms with Crippen molar-refractivity contribution < 1.29 is 185 Å². The van der Waals surface area contributed by atoms with Gasteiger partial charge in [0.05, 0.1) is 0 Å². The van der Waals surface area contributed by atoms with Gasteiger partial charge < -0.3 is 9.11 Å². The van der Waals surface area contributed by atoms with Gasteiger partial charge in [-0.1, -0.05) is 0 Å². The summed E-state index contributed by atoms with van der Waals surface area (Å²) in [5.41, 5.74) is 0. The summed E-state index contributed by atoms with van der Waals surface area (Å²) in [6.07, 6.45) is 0. The summed E-state index contributed by atoms with van der Waals surface area (Å²) in [7, 11) is 0. The van der Waals surface area contributed by atoms with Gasteiger partial charge in [0.15, 0.2) is 0 Å².